The fourth-order valence-corrected chi connectivity index (χ4v) is 2.24. The lowest BCUT2D eigenvalue weighted by atomic mass is 9.95. The molecule has 2 N–H and O–H groups in total. The van der Waals surface area contributed by atoms with Crippen LogP contribution in [0.25, 0.3) is 0 Å². The molecule has 2 aromatic rings. The first kappa shape index (κ1) is 13.7. The molecule has 0 aliphatic carbocycles. The van der Waals surface area contributed by atoms with Crippen molar-refractivity contribution in [3.8, 4) is 0 Å². The topological polar surface area (TPSA) is 51.8 Å². The van der Waals surface area contributed by atoms with Crippen molar-refractivity contribution in [2.24, 2.45) is 11.7 Å². The molecule has 0 aliphatic rings. The van der Waals surface area contributed by atoms with Crippen LogP contribution >= 0.6 is 0 Å². The summed E-state index contributed by atoms with van der Waals surface area (Å²) in [4.78, 5) is 8.61. The molecule has 1 heterocycles. The number of benzene rings is 1. The van der Waals surface area contributed by atoms with Crippen LogP contribution in [0.15, 0.2) is 42.7 Å². The minimum absolute atomic E-state index is 0.0781. The number of rotatable bonds is 5. The van der Waals surface area contributed by atoms with E-state index in [-0.39, 0.29) is 5.92 Å². The maximum Gasteiger partial charge on any atom is 0.136 e. The lowest BCUT2D eigenvalue weighted by Gasteiger charge is -2.14. The molecule has 1 aromatic carbocycles. The summed E-state index contributed by atoms with van der Waals surface area (Å²) in [5.41, 5.74) is 8.42. The Kier molecular flexibility index (Phi) is 4.63. The van der Waals surface area contributed by atoms with Crippen molar-refractivity contribution in [2.45, 2.75) is 26.2 Å². The van der Waals surface area contributed by atoms with E-state index in [1.54, 1.807) is 12.4 Å². The third-order valence-electron chi connectivity index (χ3n) is 3.16. The highest BCUT2D eigenvalue weighted by molar-refractivity contribution is 5.29. The quantitative estimate of drug-likeness (QED) is 0.893. The van der Waals surface area contributed by atoms with E-state index in [1.807, 2.05) is 6.07 Å². The van der Waals surface area contributed by atoms with Gasteiger partial charge in [-0.3, -0.25) is 0 Å². The molecule has 3 nitrogen and oxygen atoms in total. The summed E-state index contributed by atoms with van der Waals surface area (Å²) in [6.07, 6.45) is 4.63. The molecule has 0 saturated heterocycles. The van der Waals surface area contributed by atoms with Crippen LogP contribution in [0.4, 0.5) is 0 Å². The van der Waals surface area contributed by atoms with E-state index in [9.17, 15) is 0 Å². The average Bonchev–Trinajstić information content (AvgIpc) is 2.42. The first-order valence-electron chi connectivity index (χ1n) is 6.76. The number of nitrogens with two attached hydrogens (primary N) is 1. The minimum atomic E-state index is 0.0781. The fourth-order valence-electron chi connectivity index (χ4n) is 2.24. The zero-order chi connectivity index (χ0) is 13.7. The van der Waals surface area contributed by atoms with Crippen molar-refractivity contribution >= 4 is 0 Å². The van der Waals surface area contributed by atoms with Crippen LogP contribution in [-0.4, -0.2) is 16.5 Å². The van der Waals surface area contributed by atoms with Gasteiger partial charge in [0.05, 0.1) is 5.92 Å². The lowest BCUT2D eigenvalue weighted by Crippen LogP contribution is -2.16. The van der Waals surface area contributed by atoms with E-state index < -0.39 is 0 Å². The Balaban J connectivity index is 2.20. The predicted molar refractivity (Wildman–Crippen MR) is 77.9 cm³/mol. The molecule has 0 saturated carbocycles. The zero-order valence-corrected chi connectivity index (χ0v) is 11.6. The average molecular weight is 255 g/mol. The van der Waals surface area contributed by atoms with Gasteiger partial charge in [-0.25, -0.2) is 9.97 Å². The van der Waals surface area contributed by atoms with Crippen LogP contribution in [0.3, 0.4) is 0 Å². The van der Waals surface area contributed by atoms with E-state index in [0.29, 0.717) is 12.5 Å². The van der Waals surface area contributed by atoms with Gasteiger partial charge in [0.2, 0.25) is 0 Å². The number of nitrogens with zero attached hydrogens (tertiary/aromatic N) is 2. The van der Waals surface area contributed by atoms with Gasteiger partial charge in [-0.05, 0) is 29.5 Å². The maximum atomic E-state index is 5.88. The molecule has 0 fully saturated rings. The van der Waals surface area contributed by atoms with Crippen LogP contribution in [0.2, 0.25) is 0 Å². The second-order valence-corrected chi connectivity index (χ2v) is 5.23. The zero-order valence-electron chi connectivity index (χ0n) is 11.6. The number of hydrogen-bond acceptors (Lipinski definition) is 3. The Morgan fingerprint density at radius 1 is 1.05 bits per heavy atom. The summed E-state index contributed by atoms with van der Waals surface area (Å²) in [6.45, 7) is 4.98. The summed E-state index contributed by atoms with van der Waals surface area (Å²) in [6, 6.07) is 10.5. The van der Waals surface area contributed by atoms with Crippen molar-refractivity contribution in [3.05, 3.63) is 59.7 Å². The monoisotopic (exact) mass is 255 g/mol. The Bertz CT molecular complexity index is 491. The normalized spacial score (nSPS) is 12.6. The van der Waals surface area contributed by atoms with Gasteiger partial charge in [0.25, 0.3) is 0 Å². The Morgan fingerprint density at radius 2 is 1.68 bits per heavy atom. The summed E-state index contributed by atoms with van der Waals surface area (Å²) in [5, 5.41) is 0. The molecule has 1 aromatic heterocycles. The smallest absolute Gasteiger partial charge is 0.136 e. The van der Waals surface area contributed by atoms with Gasteiger partial charge < -0.3 is 5.73 Å². The highest BCUT2D eigenvalue weighted by Gasteiger charge is 2.14. The van der Waals surface area contributed by atoms with Crippen LogP contribution in [0.1, 0.15) is 36.7 Å². The van der Waals surface area contributed by atoms with Gasteiger partial charge in [-0.1, -0.05) is 38.1 Å². The maximum absolute atomic E-state index is 5.88. The highest BCUT2D eigenvalue weighted by Crippen LogP contribution is 2.21. The Labute approximate surface area is 114 Å². The van der Waals surface area contributed by atoms with Crippen LogP contribution < -0.4 is 5.73 Å². The van der Waals surface area contributed by atoms with Crippen molar-refractivity contribution < 1.29 is 0 Å². The summed E-state index contributed by atoms with van der Waals surface area (Å²) >= 11 is 0. The third-order valence-corrected chi connectivity index (χ3v) is 3.16. The SMILES string of the molecule is CC(C)Cc1ccc(C(CN)c2ncccn2)cc1. The molecule has 100 valence electrons. The second kappa shape index (κ2) is 6.43. The van der Waals surface area contributed by atoms with Gasteiger partial charge in [-0.2, -0.15) is 0 Å². The van der Waals surface area contributed by atoms with Crippen molar-refractivity contribution in [1.82, 2.24) is 9.97 Å². The standard InChI is InChI=1S/C16H21N3/c1-12(2)10-13-4-6-14(7-5-13)15(11-17)16-18-8-3-9-19-16/h3-9,12,15H,10-11,17H2,1-2H3. The molecule has 3 heteroatoms. The largest absolute Gasteiger partial charge is 0.329 e. The predicted octanol–water partition coefficient (Wildman–Crippen LogP) is 2.77. The summed E-state index contributed by atoms with van der Waals surface area (Å²) < 4.78 is 0. The lowest BCUT2D eigenvalue weighted by molar-refractivity contribution is 0.646. The summed E-state index contributed by atoms with van der Waals surface area (Å²) in [5.74, 6) is 1.55. The van der Waals surface area contributed by atoms with Gasteiger partial charge in [-0.15, -0.1) is 0 Å². The molecule has 2 rings (SSSR count). The number of hydrogen-bond donors (Lipinski definition) is 1. The molecule has 0 bridgehead atoms. The number of aromatic nitrogens is 2. The third kappa shape index (κ3) is 3.61. The van der Waals surface area contributed by atoms with E-state index in [1.165, 1.54) is 11.1 Å². The molecule has 0 radical (unpaired) electrons. The molecular weight excluding hydrogens is 234 g/mol. The Morgan fingerprint density at radius 3 is 2.21 bits per heavy atom. The molecule has 1 atom stereocenters. The van der Waals surface area contributed by atoms with E-state index >= 15 is 0 Å². The van der Waals surface area contributed by atoms with Gasteiger partial charge in [0, 0.05) is 18.9 Å². The molecule has 1 unspecified atom stereocenters. The second-order valence-electron chi connectivity index (χ2n) is 5.23. The van der Waals surface area contributed by atoms with Gasteiger partial charge >= 0.3 is 0 Å². The molecular formula is C16H21N3. The van der Waals surface area contributed by atoms with Gasteiger partial charge in [0.15, 0.2) is 0 Å². The van der Waals surface area contributed by atoms with E-state index in [2.05, 4.69) is 48.1 Å². The van der Waals surface area contributed by atoms with Crippen molar-refractivity contribution in [3.63, 3.8) is 0 Å². The summed E-state index contributed by atoms with van der Waals surface area (Å²) in [7, 11) is 0. The Hall–Kier alpha value is -1.74. The molecule has 0 spiro atoms. The first-order valence-corrected chi connectivity index (χ1v) is 6.76. The van der Waals surface area contributed by atoms with Gasteiger partial charge in [0.1, 0.15) is 5.82 Å². The highest BCUT2D eigenvalue weighted by atomic mass is 14.9. The van der Waals surface area contributed by atoms with E-state index in [4.69, 9.17) is 5.73 Å². The van der Waals surface area contributed by atoms with E-state index in [0.717, 1.165) is 12.2 Å². The van der Waals surface area contributed by atoms with Crippen molar-refractivity contribution in [2.75, 3.05) is 6.54 Å². The molecule has 0 aliphatic heterocycles. The van der Waals surface area contributed by atoms with Crippen LogP contribution in [0, 0.1) is 5.92 Å². The van der Waals surface area contributed by atoms with Crippen LogP contribution in [0.5, 0.6) is 0 Å². The fraction of sp³-hybridized carbons (Fsp3) is 0.375. The molecule has 19 heavy (non-hydrogen) atoms. The van der Waals surface area contributed by atoms with Crippen molar-refractivity contribution in [1.29, 1.82) is 0 Å². The molecule has 0 amide bonds. The minimum Gasteiger partial charge on any atom is -0.329 e. The first-order chi connectivity index (χ1) is 9.20. The van der Waals surface area contributed by atoms with Crippen LogP contribution in [-0.2, 0) is 6.42 Å².